The van der Waals surface area contributed by atoms with Crippen LogP contribution >= 0.6 is 11.6 Å². The number of hydrogen-bond acceptors (Lipinski definition) is 3. The molecule has 0 saturated carbocycles. The van der Waals surface area contributed by atoms with Crippen molar-refractivity contribution in [3.63, 3.8) is 0 Å². The Kier molecular flexibility index (Phi) is 6.52. The summed E-state index contributed by atoms with van der Waals surface area (Å²) in [7, 11) is 0. The second kappa shape index (κ2) is 7.90. The van der Waals surface area contributed by atoms with Crippen LogP contribution in [0.25, 0.3) is 0 Å². The largest absolute Gasteiger partial charge is 0.550 e. The van der Waals surface area contributed by atoms with Gasteiger partial charge in [-0.3, -0.25) is 4.79 Å². The standard InChI is InChI=1S/C15H20ClNO3/c1-3-6-11(15(19)20)10(2)9-14(18)17-13-8-5-4-7-12(13)16/h4-5,7-8,10-11H,3,6,9H2,1-2H3,(H,17,18)(H,19,20)/p-1/t10-,11-/m0/s1. The third-order valence-corrected chi connectivity index (χ3v) is 3.57. The molecule has 0 aliphatic carbocycles. The third kappa shape index (κ3) is 4.85. The molecule has 0 spiro atoms. The molecule has 1 N–H and O–H groups in total. The van der Waals surface area contributed by atoms with Gasteiger partial charge in [0.1, 0.15) is 0 Å². The van der Waals surface area contributed by atoms with Gasteiger partial charge in [-0.2, -0.15) is 0 Å². The summed E-state index contributed by atoms with van der Waals surface area (Å²) in [6, 6.07) is 6.93. The van der Waals surface area contributed by atoms with Crippen LogP contribution in [-0.4, -0.2) is 11.9 Å². The molecule has 110 valence electrons. The first kappa shape index (κ1) is 16.5. The molecule has 4 nitrogen and oxygen atoms in total. The number of carboxylic acid groups (broad SMARTS) is 1. The summed E-state index contributed by atoms with van der Waals surface area (Å²) >= 11 is 5.95. The highest BCUT2D eigenvalue weighted by Gasteiger charge is 2.20. The van der Waals surface area contributed by atoms with Gasteiger partial charge in [-0.05, 0) is 24.5 Å². The van der Waals surface area contributed by atoms with Gasteiger partial charge in [-0.1, -0.05) is 44.0 Å². The summed E-state index contributed by atoms with van der Waals surface area (Å²) in [5, 5.41) is 14.2. The molecule has 0 heterocycles. The Balaban J connectivity index is 2.61. The van der Waals surface area contributed by atoms with Crippen molar-refractivity contribution in [2.75, 3.05) is 5.32 Å². The lowest BCUT2D eigenvalue weighted by molar-refractivity contribution is -0.313. The number of halogens is 1. The van der Waals surface area contributed by atoms with Crippen LogP contribution in [0.4, 0.5) is 5.69 Å². The van der Waals surface area contributed by atoms with E-state index in [0.717, 1.165) is 6.42 Å². The summed E-state index contributed by atoms with van der Waals surface area (Å²) in [5.74, 6) is -2.21. The summed E-state index contributed by atoms with van der Waals surface area (Å²) in [4.78, 5) is 23.0. The summed E-state index contributed by atoms with van der Waals surface area (Å²) in [6.07, 6.45) is 1.39. The number of rotatable bonds is 7. The molecule has 0 aliphatic rings. The molecule has 5 heteroatoms. The summed E-state index contributed by atoms with van der Waals surface area (Å²) in [6.45, 7) is 3.66. The smallest absolute Gasteiger partial charge is 0.224 e. The van der Waals surface area contributed by atoms with Gasteiger partial charge in [0.2, 0.25) is 5.91 Å². The number of benzene rings is 1. The molecule has 0 unspecified atom stereocenters. The second-order valence-electron chi connectivity index (χ2n) is 4.92. The van der Waals surface area contributed by atoms with Crippen LogP contribution in [0, 0.1) is 11.8 Å². The average Bonchev–Trinajstić information content (AvgIpc) is 2.38. The predicted molar refractivity (Wildman–Crippen MR) is 77.3 cm³/mol. The van der Waals surface area contributed by atoms with E-state index < -0.39 is 11.9 Å². The maximum absolute atomic E-state index is 11.9. The fraction of sp³-hybridized carbons (Fsp3) is 0.467. The van der Waals surface area contributed by atoms with E-state index >= 15 is 0 Å². The van der Waals surface area contributed by atoms with Crippen LogP contribution in [0.5, 0.6) is 0 Å². The van der Waals surface area contributed by atoms with Crippen LogP contribution in [0.15, 0.2) is 24.3 Å². The van der Waals surface area contributed by atoms with Gasteiger partial charge in [0.25, 0.3) is 0 Å². The summed E-state index contributed by atoms with van der Waals surface area (Å²) < 4.78 is 0. The van der Waals surface area contributed by atoms with Crippen molar-refractivity contribution in [2.24, 2.45) is 11.8 Å². The monoisotopic (exact) mass is 296 g/mol. The van der Waals surface area contributed by atoms with Gasteiger partial charge in [-0.25, -0.2) is 0 Å². The highest BCUT2D eigenvalue weighted by atomic mass is 35.5. The highest BCUT2D eigenvalue weighted by molar-refractivity contribution is 6.33. The Morgan fingerprint density at radius 1 is 1.35 bits per heavy atom. The molecule has 0 fully saturated rings. The minimum Gasteiger partial charge on any atom is -0.550 e. The number of hydrogen-bond donors (Lipinski definition) is 1. The van der Waals surface area contributed by atoms with Crippen LogP contribution in [0.1, 0.15) is 33.1 Å². The van der Waals surface area contributed by atoms with E-state index in [2.05, 4.69) is 5.32 Å². The van der Waals surface area contributed by atoms with Crippen molar-refractivity contribution in [2.45, 2.75) is 33.1 Å². The molecule has 0 aromatic heterocycles. The van der Waals surface area contributed by atoms with Gasteiger partial charge >= 0.3 is 0 Å². The van der Waals surface area contributed by atoms with Crippen molar-refractivity contribution in [1.29, 1.82) is 0 Å². The molecule has 0 aliphatic heterocycles. The molecule has 1 rings (SSSR count). The van der Waals surface area contributed by atoms with Gasteiger partial charge in [0.15, 0.2) is 0 Å². The van der Waals surface area contributed by atoms with Gasteiger partial charge in [-0.15, -0.1) is 0 Å². The van der Waals surface area contributed by atoms with Crippen LogP contribution in [0.2, 0.25) is 5.02 Å². The number of amides is 1. The van der Waals surface area contributed by atoms with Gasteiger partial charge in [0.05, 0.1) is 10.7 Å². The number of carbonyl (C=O) groups excluding carboxylic acids is 2. The molecule has 0 radical (unpaired) electrons. The topological polar surface area (TPSA) is 69.2 Å². The maximum atomic E-state index is 11.9. The zero-order chi connectivity index (χ0) is 15.1. The Morgan fingerprint density at radius 2 is 2.00 bits per heavy atom. The number of nitrogens with one attached hydrogen (secondary N) is 1. The van der Waals surface area contributed by atoms with Crippen LogP contribution in [-0.2, 0) is 9.59 Å². The first-order valence-electron chi connectivity index (χ1n) is 6.71. The fourth-order valence-electron chi connectivity index (χ4n) is 2.14. The van der Waals surface area contributed by atoms with E-state index in [-0.39, 0.29) is 18.2 Å². The molecular weight excluding hydrogens is 278 g/mol. The summed E-state index contributed by atoms with van der Waals surface area (Å²) in [5.41, 5.74) is 0.534. The third-order valence-electron chi connectivity index (χ3n) is 3.24. The first-order valence-corrected chi connectivity index (χ1v) is 7.08. The van der Waals surface area contributed by atoms with E-state index in [9.17, 15) is 14.7 Å². The van der Waals surface area contributed by atoms with Gasteiger partial charge in [0, 0.05) is 18.3 Å². The molecule has 2 atom stereocenters. The molecule has 1 aromatic rings. The molecule has 20 heavy (non-hydrogen) atoms. The van der Waals surface area contributed by atoms with Gasteiger partial charge < -0.3 is 15.2 Å². The molecule has 1 amide bonds. The molecular formula is C15H19ClNO3-. The lowest BCUT2D eigenvalue weighted by atomic mass is 9.87. The highest BCUT2D eigenvalue weighted by Crippen LogP contribution is 2.23. The van der Waals surface area contributed by atoms with Crippen molar-refractivity contribution in [1.82, 2.24) is 0 Å². The Morgan fingerprint density at radius 3 is 2.55 bits per heavy atom. The number of para-hydroxylation sites is 1. The molecule has 0 bridgehead atoms. The normalized spacial score (nSPS) is 13.6. The lowest BCUT2D eigenvalue weighted by Crippen LogP contribution is -2.36. The van der Waals surface area contributed by atoms with Crippen molar-refractivity contribution >= 4 is 29.2 Å². The van der Waals surface area contributed by atoms with E-state index in [1.54, 1.807) is 31.2 Å². The van der Waals surface area contributed by atoms with Crippen molar-refractivity contribution in [3.05, 3.63) is 29.3 Å². The van der Waals surface area contributed by atoms with Crippen molar-refractivity contribution < 1.29 is 14.7 Å². The molecule has 0 saturated heterocycles. The fourth-order valence-corrected chi connectivity index (χ4v) is 2.33. The number of aliphatic carboxylic acids is 1. The SMILES string of the molecule is CCC[C@H](C(=O)[O-])[C@@H](C)CC(=O)Nc1ccccc1Cl. The number of anilines is 1. The quantitative estimate of drug-likeness (QED) is 0.840. The minimum atomic E-state index is -1.09. The van der Waals surface area contributed by atoms with Crippen LogP contribution < -0.4 is 10.4 Å². The average molecular weight is 297 g/mol. The van der Waals surface area contributed by atoms with E-state index in [0.29, 0.717) is 17.1 Å². The second-order valence-corrected chi connectivity index (χ2v) is 5.33. The predicted octanol–water partition coefficient (Wildman–Crippen LogP) is 2.47. The Bertz CT molecular complexity index is 476. The number of carboxylic acids is 1. The Hall–Kier alpha value is -1.55. The van der Waals surface area contributed by atoms with Crippen molar-refractivity contribution in [3.8, 4) is 0 Å². The van der Waals surface area contributed by atoms with E-state index in [1.807, 2.05) is 6.92 Å². The molecule has 1 aromatic carbocycles. The van der Waals surface area contributed by atoms with E-state index in [4.69, 9.17) is 11.6 Å². The zero-order valence-corrected chi connectivity index (χ0v) is 12.4. The Labute approximate surface area is 124 Å². The first-order chi connectivity index (χ1) is 9.45. The zero-order valence-electron chi connectivity index (χ0n) is 11.7. The maximum Gasteiger partial charge on any atom is 0.224 e. The lowest BCUT2D eigenvalue weighted by Gasteiger charge is -2.24. The number of carbonyl (C=O) groups is 2. The minimum absolute atomic E-state index is 0.129. The van der Waals surface area contributed by atoms with E-state index in [1.165, 1.54) is 0 Å². The van der Waals surface area contributed by atoms with Crippen LogP contribution in [0.3, 0.4) is 0 Å².